The van der Waals surface area contributed by atoms with Crippen LogP contribution >= 0.6 is 11.3 Å². The highest BCUT2D eigenvalue weighted by Gasteiger charge is 2.22. The Morgan fingerprint density at radius 3 is 2.48 bits per heavy atom. The summed E-state index contributed by atoms with van der Waals surface area (Å²) in [5, 5.41) is 11.1. The quantitative estimate of drug-likeness (QED) is 0.733. The molecule has 1 heterocycles. The lowest BCUT2D eigenvalue weighted by Crippen LogP contribution is -2.21. The number of Topliss-reactive ketones (excluding diaryl/α,β-unsaturated/α-hetero) is 1. The van der Waals surface area contributed by atoms with E-state index in [1.807, 2.05) is 26.8 Å². The molecule has 0 atom stereocenters. The first-order valence-electron chi connectivity index (χ1n) is 7.66. The summed E-state index contributed by atoms with van der Waals surface area (Å²) in [6.45, 7) is 7.40. The third-order valence-electron chi connectivity index (χ3n) is 3.57. The Morgan fingerprint density at radius 2 is 1.96 bits per heavy atom. The molecule has 0 saturated heterocycles. The number of carboxylic acid groups (broad SMARTS) is 1. The van der Waals surface area contributed by atoms with Crippen LogP contribution in [0.15, 0.2) is 18.2 Å². The standard InChI is InChI=1S/C18H21NO5S/c1-10-15(17(21)22)25-16(19-10)13(20)9-24-14-7-6-11(23-5)8-12(14)18(2,3)4/h6-8H,9H2,1-5H3,(H,21,22)/p-1. The molecule has 0 aliphatic heterocycles. The van der Waals surface area contributed by atoms with Crippen molar-refractivity contribution in [2.75, 3.05) is 13.7 Å². The van der Waals surface area contributed by atoms with E-state index in [0.717, 1.165) is 16.9 Å². The van der Waals surface area contributed by atoms with Crippen molar-refractivity contribution in [1.82, 2.24) is 4.98 Å². The lowest BCUT2D eigenvalue weighted by atomic mass is 9.86. The van der Waals surface area contributed by atoms with Crippen LogP contribution in [0, 0.1) is 6.92 Å². The second kappa shape index (κ2) is 7.23. The molecule has 0 fully saturated rings. The van der Waals surface area contributed by atoms with Crippen LogP contribution in [0.5, 0.6) is 11.5 Å². The first kappa shape index (κ1) is 18.9. The first-order chi connectivity index (χ1) is 11.6. The van der Waals surface area contributed by atoms with Crippen molar-refractivity contribution in [3.8, 4) is 11.5 Å². The van der Waals surface area contributed by atoms with E-state index in [2.05, 4.69) is 4.98 Å². The number of aromatic carboxylic acids is 1. The van der Waals surface area contributed by atoms with E-state index in [4.69, 9.17) is 9.47 Å². The molecule has 0 radical (unpaired) electrons. The van der Waals surface area contributed by atoms with Gasteiger partial charge < -0.3 is 19.4 Å². The number of carbonyl (C=O) groups excluding carboxylic acids is 2. The van der Waals surface area contributed by atoms with Crippen LogP contribution in [0.2, 0.25) is 0 Å². The molecule has 134 valence electrons. The number of benzene rings is 1. The molecule has 0 aliphatic rings. The minimum absolute atomic E-state index is 0.0387. The summed E-state index contributed by atoms with van der Waals surface area (Å²) in [7, 11) is 1.59. The number of nitrogens with zero attached hydrogens (tertiary/aromatic N) is 1. The molecule has 6 nitrogen and oxygen atoms in total. The van der Waals surface area contributed by atoms with Crippen LogP contribution in [0.4, 0.5) is 0 Å². The number of aromatic nitrogens is 1. The van der Waals surface area contributed by atoms with Crippen LogP contribution in [0.3, 0.4) is 0 Å². The van der Waals surface area contributed by atoms with Crippen molar-refractivity contribution in [3.05, 3.63) is 39.3 Å². The van der Waals surface area contributed by atoms with Gasteiger partial charge in [-0.15, -0.1) is 11.3 Å². The Kier molecular flexibility index (Phi) is 5.47. The molecule has 1 aromatic carbocycles. The smallest absolute Gasteiger partial charge is 0.228 e. The fraction of sp³-hybridized carbons (Fsp3) is 0.389. The molecule has 1 aromatic heterocycles. The molecule has 0 spiro atoms. The SMILES string of the molecule is COc1ccc(OCC(=O)c2nc(C)c(C(=O)[O-])s2)c(C(C)(C)C)c1. The van der Waals surface area contributed by atoms with Crippen molar-refractivity contribution < 1.29 is 24.2 Å². The van der Waals surface area contributed by atoms with E-state index < -0.39 is 5.97 Å². The fourth-order valence-electron chi connectivity index (χ4n) is 2.26. The Bertz CT molecular complexity index is 804. The maximum Gasteiger partial charge on any atom is 0.228 e. The summed E-state index contributed by atoms with van der Waals surface area (Å²) in [5.41, 5.74) is 0.978. The van der Waals surface area contributed by atoms with Crippen LogP contribution in [-0.2, 0) is 5.41 Å². The van der Waals surface area contributed by atoms with E-state index in [0.29, 0.717) is 11.5 Å². The zero-order valence-corrected chi connectivity index (χ0v) is 15.7. The van der Waals surface area contributed by atoms with E-state index >= 15 is 0 Å². The molecule has 0 bridgehead atoms. The lowest BCUT2D eigenvalue weighted by molar-refractivity contribution is -0.254. The molecule has 7 heteroatoms. The Balaban J connectivity index is 2.19. The van der Waals surface area contributed by atoms with Crippen molar-refractivity contribution in [2.24, 2.45) is 0 Å². The molecule has 0 unspecified atom stereocenters. The van der Waals surface area contributed by atoms with Gasteiger partial charge in [0.05, 0.1) is 23.7 Å². The molecule has 0 N–H and O–H groups in total. The number of hydrogen-bond acceptors (Lipinski definition) is 7. The molecule has 2 aromatic rings. The summed E-state index contributed by atoms with van der Waals surface area (Å²) < 4.78 is 10.9. The summed E-state index contributed by atoms with van der Waals surface area (Å²) in [5.74, 6) is -0.427. The van der Waals surface area contributed by atoms with Crippen molar-refractivity contribution >= 4 is 23.1 Å². The average molecular weight is 362 g/mol. The van der Waals surface area contributed by atoms with Crippen LogP contribution in [0.25, 0.3) is 0 Å². The van der Waals surface area contributed by atoms with E-state index in [1.165, 1.54) is 6.92 Å². The van der Waals surface area contributed by atoms with Gasteiger partial charge >= 0.3 is 0 Å². The third kappa shape index (κ3) is 4.36. The highest BCUT2D eigenvalue weighted by atomic mass is 32.1. The van der Waals surface area contributed by atoms with Crippen molar-refractivity contribution in [2.45, 2.75) is 33.1 Å². The molecule has 0 amide bonds. The molecule has 25 heavy (non-hydrogen) atoms. The molecular formula is C18H20NO5S-. The van der Waals surface area contributed by atoms with Gasteiger partial charge in [0.15, 0.2) is 11.6 Å². The Hall–Kier alpha value is -2.41. The monoisotopic (exact) mass is 362 g/mol. The highest BCUT2D eigenvalue weighted by molar-refractivity contribution is 7.15. The summed E-state index contributed by atoms with van der Waals surface area (Å²) in [4.78, 5) is 27.2. The zero-order chi connectivity index (χ0) is 18.8. The van der Waals surface area contributed by atoms with E-state index in [-0.39, 0.29) is 33.4 Å². The van der Waals surface area contributed by atoms with Crippen LogP contribution in [-0.4, -0.2) is 30.5 Å². The van der Waals surface area contributed by atoms with Gasteiger partial charge in [-0.2, -0.15) is 0 Å². The van der Waals surface area contributed by atoms with Gasteiger partial charge in [0, 0.05) is 5.56 Å². The van der Waals surface area contributed by atoms with Crippen LogP contribution < -0.4 is 14.6 Å². The Morgan fingerprint density at radius 1 is 1.28 bits per heavy atom. The number of carbonyl (C=O) groups is 2. The molecule has 0 saturated carbocycles. The average Bonchev–Trinajstić information content (AvgIpc) is 2.93. The normalized spacial score (nSPS) is 11.2. The maximum absolute atomic E-state index is 12.3. The van der Waals surface area contributed by atoms with Gasteiger partial charge in [0.25, 0.3) is 0 Å². The fourth-order valence-corrected chi connectivity index (χ4v) is 3.08. The number of aryl methyl sites for hydroxylation is 1. The van der Waals surface area contributed by atoms with Crippen LogP contribution in [0.1, 0.15) is 51.5 Å². The summed E-state index contributed by atoms with van der Waals surface area (Å²) >= 11 is 0.804. The van der Waals surface area contributed by atoms with Gasteiger partial charge in [-0.3, -0.25) is 4.79 Å². The summed E-state index contributed by atoms with van der Waals surface area (Å²) in [6.07, 6.45) is 0. The summed E-state index contributed by atoms with van der Waals surface area (Å²) in [6, 6.07) is 5.39. The minimum Gasteiger partial charge on any atom is -0.544 e. The largest absolute Gasteiger partial charge is 0.544 e. The Labute approximate surface area is 150 Å². The zero-order valence-electron chi connectivity index (χ0n) is 14.8. The second-order valence-electron chi connectivity index (χ2n) is 6.54. The lowest BCUT2D eigenvalue weighted by Gasteiger charge is -2.23. The second-order valence-corrected chi connectivity index (χ2v) is 7.54. The number of thiazole rings is 1. The van der Waals surface area contributed by atoms with Gasteiger partial charge in [-0.25, -0.2) is 4.98 Å². The number of rotatable bonds is 6. The van der Waals surface area contributed by atoms with Gasteiger partial charge in [0.1, 0.15) is 11.5 Å². The number of ketones is 1. The van der Waals surface area contributed by atoms with Crippen molar-refractivity contribution in [1.29, 1.82) is 0 Å². The first-order valence-corrected chi connectivity index (χ1v) is 8.48. The van der Waals surface area contributed by atoms with Gasteiger partial charge in [-0.05, 0) is 30.5 Å². The molecule has 2 rings (SSSR count). The number of hydrogen-bond donors (Lipinski definition) is 0. The predicted molar refractivity (Wildman–Crippen MR) is 92.7 cm³/mol. The molecular weight excluding hydrogens is 342 g/mol. The topological polar surface area (TPSA) is 88.6 Å². The number of carboxylic acids is 1. The predicted octanol–water partition coefficient (Wildman–Crippen LogP) is 2.38. The maximum atomic E-state index is 12.3. The van der Waals surface area contributed by atoms with E-state index in [9.17, 15) is 14.7 Å². The minimum atomic E-state index is -1.33. The van der Waals surface area contributed by atoms with Gasteiger partial charge in [0.2, 0.25) is 5.78 Å². The molecule has 0 aliphatic carbocycles. The van der Waals surface area contributed by atoms with Crippen molar-refractivity contribution in [3.63, 3.8) is 0 Å². The third-order valence-corrected chi connectivity index (χ3v) is 4.75. The van der Waals surface area contributed by atoms with Gasteiger partial charge in [-0.1, -0.05) is 20.8 Å². The van der Waals surface area contributed by atoms with E-state index in [1.54, 1.807) is 19.2 Å². The number of methoxy groups -OCH3 is 1. The number of ether oxygens (including phenoxy) is 2. The highest BCUT2D eigenvalue weighted by Crippen LogP contribution is 2.34.